The van der Waals surface area contributed by atoms with Gasteiger partial charge < -0.3 is 41.1 Å². The highest BCUT2D eigenvalue weighted by Gasteiger charge is 2.35. The molecule has 0 radical (unpaired) electrons. The SMILES string of the molecule is O=C(O)CC[C@H](NC(=O)[C@H](O)[C@@H](O)[C@H](O)[C@H](O)CO)C(=O)O. The predicted octanol–water partition coefficient (Wildman–Crippen LogP) is -4.14. The minimum absolute atomic E-state index is 0.457. The summed E-state index contributed by atoms with van der Waals surface area (Å²) >= 11 is 0. The Morgan fingerprint density at radius 1 is 0.955 bits per heavy atom. The third-order valence-corrected chi connectivity index (χ3v) is 2.78. The maximum Gasteiger partial charge on any atom is 0.326 e. The number of nitrogens with one attached hydrogen (secondary N) is 1. The van der Waals surface area contributed by atoms with Crippen molar-refractivity contribution in [3.05, 3.63) is 0 Å². The van der Waals surface area contributed by atoms with Gasteiger partial charge in [0, 0.05) is 6.42 Å². The normalized spacial score (nSPS) is 17.9. The molecule has 22 heavy (non-hydrogen) atoms. The first kappa shape index (κ1) is 20.2. The van der Waals surface area contributed by atoms with Crippen molar-refractivity contribution in [1.82, 2.24) is 5.32 Å². The minimum Gasteiger partial charge on any atom is -0.481 e. The van der Waals surface area contributed by atoms with Crippen LogP contribution >= 0.6 is 0 Å². The summed E-state index contributed by atoms with van der Waals surface area (Å²) in [4.78, 5) is 32.8. The number of aliphatic hydroxyl groups excluding tert-OH is 5. The van der Waals surface area contributed by atoms with Crippen LogP contribution in [-0.4, -0.2) is 90.7 Å². The molecule has 0 spiro atoms. The van der Waals surface area contributed by atoms with E-state index in [4.69, 9.17) is 20.4 Å². The van der Waals surface area contributed by atoms with E-state index in [0.29, 0.717) is 0 Å². The second-order valence-corrected chi connectivity index (χ2v) is 4.51. The highest BCUT2D eigenvalue weighted by atomic mass is 16.4. The van der Waals surface area contributed by atoms with Gasteiger partial charge in [0.25, 0.3) is 5.91 Å². The first-order valence-corrected chi connectivity index (χ1v) is 6.19. The Kier molecular flexibility index (Phi) is 8.52. The average molecular weight is 325 g/mol. The summed E-state index contributed by atoms with van der Waals surface area (Å²) < 4.78 is 0. The average Bonchev–Trinajstić information content (AvgIpc) is 2.47. The third kappa shape index (κ3) is 6.32. The van der Waals surface area contributed by atoms with Gasteiger partial charge in [0.05, 0.1) is 6.61 Å². The molecule has 0 saturated heterocycles. The van der Waals surface area contributed by atoms with Crippen LogP contribution in [-0.2, 0) is 14.4 Å². The smallest absolute Gasteiger partial charge is 0.326 e. The molecule has 8 N–H and O–H groups in total. The fraction of sp³-hybridized carbons (Fsp3) is 0.727. The fourth-order valence-electron chi connectivity index (χ4n) is 1.46. The molecule has 5 atom stereocenters. The van der Waals surface area contributed by atoms with Gasteiger partial charge in [-0.1, -0.05) is 0 Å². The van der Waals surface area contributed by atoms with E-state index in [0.717, 1.165) is 0 Å². The number of carboxylic acid groups (broad SMARTS) is 2. The zero-order valence-electron chi connectivity index (χ0n) is 11.4. The van der Waals surface area contributed by atoms with Gasteiger partial charge >= 0.3 is 11.9 Å². The second kappa shape index (κ2) is 9.27. The lowest BCUT2D eigenvalue weighted by atomic mass is 10.0. The highest BCUT2D eigenvalue weighted by molar-refractivity contribution is 5.86. The van der Waals surface area contributed by atoms with Crippen LogP contribution in [0.15, 0.2) is 0 Å². The van der Waals surface area contributed by atoms with Crippen LogP contribution in [0.25, 0.3) is 0 Å². The lowest BCUT2D eigenvalue weighted by Gasteiger charge is -2.25. The zero-order valence-corrected chi connectivity index (χ0v) is 11.4. The Morgan fingerprint density at radius 3 is 1.91 bits per heavy atom. The standard InChI is InChI=1S/C11H19NO10/c13-3-5(14)7(17)8(18)9(19)10(20)12-4(11(21)22)1-2-6(15)16/h4-5,7-9,13-14,17-19H,1-3H2,(H,12,20)(H,15,16)(H,21,22)/t4-,5+,7+,8-,9+/m0/s1. The molecule has 0 aromatic carbocycles. The van der Waals surface area contributed by atoms with Crippen molar-refractivity contribution in [3.63, 3.8) is 0 Å². The molecule has 0 aliphatic heterocycles. The lowest BCUT2D eigenvalue weighted by molar-refractivity contribution is -0.153. The van der Waals surface area contributed by atoms with Gasteiger partial charge in [-0.3, -0.25) is 9.59 Å². The van der Waals surface area contributed by atoms with Crippen LogP contribution in [0.1, 0.15) is 12.8 Å². The van der Waals surface area contributed by atoms with Gasteiger partial charge in [0.15, 0.2) is 6.10 Å². The van der Waals surface area contributed by atoms with E-state index >= 15 is 0 Å². The van der Waals surface area contributed by atoms with Gasteiger partial charge in [0.2, 0.25) is 0 Å². The maximum absolute atomic E-state index is 11.6. The van der Waals surface area contributed by atoms with E-state index in [1.807, 2.05) is 0 Å². The summed E-state index contributed by atoms with van der Waals surface area (Å²) in [6.07, 6.45) is -9.35. The Morgan fingerprint density at radius 2 is 1.50 bits per heavy atom. The summed E-state index contributed by atoms with van der Waals surface area (Å²) in [7, 11) is 0. The molecule has 0 bridgehead atoms. The number of hydrogen-bond donors (Lipinski definition) is 8. The molecule has 0 heterocycles. The molecule has 0 fully saturated rings. The number of aliphatic carboxylic acids is 2. The van der Waals surface area contributed by atoms with Gasteiger partial charge in [-0.05, 0) is 6.42 Å². The van der Waals surface area contributed by atoms with E-state index in [9.17, 15) is 29.7 Å². The Hall–Kier alpha value is -1.79. The van der Waals surface area contributed by atoms with E-state index in [-0.39, 0.29) is 0 Å². The number of amides is 1. The molecule has 11 heteroatoms. The fourth-order valence-corrected chi connectivity index (χ4v) is 1.46. The van der Waals surface area contributed by atoms with Crippen LogP contribution < -0.4 is 5.32 Å². The van der Waals surface area contributed by atoms with Crippen LogP contribution in [0, 0.1) is 0 Å². The molecule has 1 amide bonds. The Bertz CT molecular complexity index is 400. The van der Waals surface area contributed by atoms with E-state index in [1.54, 1.807) is 5.32 Å². The Labute approximate surface area is 124 Å². The summed E-state index contributed by atoms with van der Waals surface area (Å²) in [5.74, 6) is -4.22. The summed E-state index contributed by atoms with van der Waals surface area (Å²) in [5, 5.41) is 65.0. The van der Waals surface area contributed by atoms with Crippen LogP contribution in [0.2, 0.25) is 0 Å². The molecule has 0 unspecified atom stereocenters. The van der Waals surface area contributed by atoms with E-state index in [1.165, 1.54) is 0 Å². The zero-order chi connectivity index (χ0) is 17.4. The minimum atomic E-state index is -2.29. The largest absolute Gasteiger partial charge is 0.481 e. The van der Waals surface area contributed by atoms with Crippen molar-refractivity contribution in [1.29, 1.82) is 0 Å². The molecule has 0 aliphatic rings. The van der Waals surface area contributed by atoms with Crippen LogP contribution in [0.5, 0.6) is 0 Å². The van der Waals surface area contributed by atoms with Crippen molar-refractivity contribution in [2.24, 2.45) is 0 Å². The number of carbonyl (C=O) groups excluding carboxylic acids is 1. The summed E-state index contributed by atoms with van der Waals surface area (Å²) in [5.41, 5.74) is 0. The predicted molar refractivity (Wildman–Crippen MR) is 67.5 cm³/mol. The number of aliphatic hydroxyl groups is 5. The molecule has 128 valence electrons. The quantitative estimate of drug-likeness (QED) is 0.194. The van der Waals surface area contributed by atoms with E-state index in [2.05, 4.69) is 0 Å². The van der Waals surface area contributed by atoms with Crippen molar-refractivity contribution >= 4 is 17.8 Å². The molecular formula is C11H19NO10. The van der Waals surface area contributed by atoms with Crippen molar-refractivity contribution in [3.8, 4) is 0 Å². The van der Waals surface area contributed by atoms with Crippen molar-refractivity contribution in [2.75, 3.05) is 6.61 Å². The summed E-state index contributed by atoms with van der Waals surface area (Å²) in [6, 6.07) is -1.62. The van der Waals surface area contributed by atoms with Gasteiger partial charge in [-0.25, -0.2) is 4.79 Å². The van der Waals surface area contributed by atoms with Crippen molar-refractivity contribution in [2.45, 2.75) is 43.3 Å². The number of rotatable bonds is 10. The number of hydrogen-bond acceptors (Lipinski definition) is 8. The molecule has 11 nitrogen and oxygen atoms in total. The van der Waals surface area contributed by atoms with Crippen LogP contribution in [0.4, 0.5) is 0 Å². The van der Waals surface area contributed by atoms with Crippen molar-refractivity contribution < 1.29 is 50.1 Å². The molecule has 0 aromatic rings. The molecule has 0 rings (SSSR count). The molecule has 0 aromatic heterocycles. The third-order valence-electron chi connectivity index (χ3n) is 2.78. The topological polar surface area (TPSA) is 205 Å². The maximum atomic E-state index is 11.6. The van der Waals surface area contributed by atoms with Gasteiger partial charge in [-0.2, -0.15) is 0 Å². The number of carbonyl (C=O) groups is 3. The lowest BCUT2D eigenvalue weighted by Crippen LogP contribution is -2.54. The van der Waals surface area contributed by atoms with E-state index < -0.39 is 67.8 Å². The highest BCUT2D eigenvalue weighted by Crippen LogP contribution is 2.07. The second-order valence-electron chi connectivity index (χ2n) is 4.51. The summed E-state index contributed by atoms with van der Waals surface area (Å²) in [6.45, 7) is -0.942. The monoisotopic (exact) mass is 325 g/mol. The van der Waals surface area contributed by atoms with Gasteiger partial charge in [-0.15, -0.1) is 0 Å². The number of carboxylic acids is 2. The molecular weight excluding hydrogens is 306 g/mol. The Balaban J connectivity index is 4.71. The van der Waals surface area contributed by atoms with Gasteiger partial charge in [0.1, 0.15) is 24.4 Å². The molecule has 0 aliphatic carbocycles. The molecule has 0 saturated carbocycles. The first-order chi connectivity index (χ1) is 10.1. The first-order valence-electron chi connectivity index (χ1n) is 6.19. The van der Waals surface area contributed by atoms with Crippen LogP contribution in [0.3, 0.4) is 0 Å².